The summed E-state index contributed by atoms with van der Waals surface area (Å²) in [5.74, 6) is 0.539. The quantitative estimate of drug-likeness (QED) is 0.501. The van der Waals surface area contributed by atoms with Crippen molar-refractivity contribution in [3.8, 4) is 0 Å². The first kappa shape index (κ1) is 6.96. The van der Waals surface area contributed by atoms with Crippen molar-refractivity contribution in [3.63, 3.8) is 0 Å². The smallest absolute Gasteiger partial charge is 0.0850 e. The van der Waals surface area contributed by atoms with Crippen molar-refractivity contribution in [2.24, 2.45) is 11.8 Å². The largest absolute Gasteiger partial charge is 0.236 e. The maximum atomic E-state index is 10.0. The Morgan fingerprint density at radius 3 is 2.00 bits per heavy atom. The van der Waals surface area contributed by atoms with Gasteiger partial charge in [0.1, 0.15) is 0 Å². The Morgan fingerprint density at radius 2 is 2.00 bits per heavy atom. The summed E-state index contributed by atoms with van der Waals surface area (Å²) in [5.41, 5.74) is 0. The Bertz CT molecular complexity index is 41.4. The SMILES string of the molecule is [CH2]C(C)C(C)C[O]. The fourth-order valence-corrected chi connectivity index (χ4v) is 0.164. The first-order chi connectivity index (χ1) is 3.18. The molecule has 0 fully saturated rings. The molecule has 0 heterocycles. The Hall–Kier alpha value is -0.0400. The molecule has 2 unspecified atom stereocenters. The summed E-state index contributed by atoms with van der Waals surface area (Å²) >= 11 is 0. The van der Waals surface area contributed by atoms with Crippen LogP contribution in [-0.2, 0) is 5.11 Å². The highest BCUT2D eigenvalue weighted by atomic mass is 16.3. The van der Waals surface area contributed by atoms with Gasteiger partial charge >= 0.3 is 0 Å². The summed E-state index contributed by atoms with van der Waals surface area (Å²) < 4.78 is 0. The van der Waals surface area contributed by atoms with Gasteiger partial charge in [-0.3, -0.25) is 0 Å². The summed E-state index contributed by atoms with van der Waals surface area (Å²) in [6, 6.07) is 0. The van der Waals surface area contributed by atoms with Crippen molar-refractivity contribution >= 4 is 0 Å². The van der Waals surface area contributed by atoms with E-state index in [1.807, 2.05) is 13.8 Å². The summed E-state index contributed by atoms with van der Waals surface area (Å²) in [5, 5.41) is 10.0. The van der Waals surface area contributed by atoms with Crippen molar-refractivity contribution in [1.29, 1.82) is 0 Å². The van der Waals surface area contributed by atoms with Crippen LogP contribution in [0.1, 0.15) is 13.8 Å². The molecular weight excluding hydrogens is 88.1 g/mol. The van der Waals surface area contributed by atoms with E-state index in [4.69, 9.17) is 0 Å². The van der Waals surface area contributed by atoms with Crippen LogP contribution in [0, 0.1) is 18.8 Å². The van der Waals surface area contributed by atoms with E-state index in [9.17, 15) is 5.11 Å². The third-order valence-electron chi connectivity index (χ3n) is 1.23. The second kappa shape index (κ2) is 3.03. The minimum absolute atomic E-state index is 0.00463. The molecule has 0 aromatic heterocycles. The highest BCUT2D eigenvalue weighted by molar-refractivity contribution is 4.60. The minimum Gasteiger partial charge on any atom is -0.236 e. The fraction of sp³-hybridized carbons (Fsp3) is 0.833. The van der Waals surface area contributed by atoms with Gasteiger partial charge in [0.05, 0.1) is 6.61 Å². The van der Waals surface area contributed by atoms with Crippen LogP contribution in [0.5, 0.6) is 0 Å². The lowest BCUT2D eigenvalue weighted by Crippen LogP contribution is -2.06. The highest BCUT2D eigenvalue weighted by Crippen LogP contribution is 2.06. The molecule has 0 bridgehead atoms. The lowest BCUT2D eigenvalue weighted by Gasteiger charge is -2.08. The van der Waals surface area contributed by atoms with Crippen LogP contribution in [0.2, 0.25) is 0 Å². The van der Waals surface area contributed by atoms with Crippen LogP contribution in [0.15, 0.2) is 0 Å². The van der Waals surface area contributed by atoms with Gasteiger partial charge in [0.15, 0.2) is 0 Å². The number of hydrogen-bond donors (Lipinski definition) is 0. The summed E-state index contributed by atoms with van der Waals surface area (Å²) in [7, 11) is 0. The lowest BCUT2D eigenvalue weighted by molar-refractivity contribution is 0.134. The average Bonchev–Trinajstić information content (AvgIpc) is 1.65. The van der Waals surface area contributed by atoms with Gasteiger partial charge in [0, 0.05) is 0 Å². The van der Waals surface area contributed by atoms with E-state index in [-0.39, 0.29) is 12.5 Å². The predicted octanol–water partition coefficient (Wildman–Crippen LogP) is 1.52. The van der Waals surface area contributed by atoms with Crippen molar-refractivity contribution < 1.29 is 5.11 Å². The normalized spacial score (nSPS) is 15.0. The predicted molar refractivity (Wildman–Crippen MR) is 29.2 cm³/mol. The van der Waals surface area contributed by atoms with E-state index in [2.05, 4.69) is 6.92 Å². The average molecular weight is 100 g/mol. The van der Waals surface area contributed by atoms with Gasteiger partial charge in [-0.2, -0.15) is 0 Å². The third kappa shape index (κ3) is 2.63. The van der Waals surface area contributed by atoms with E-state index in [0.29, 0.717) is 5.92 Å². The van der Waals surface area contributed by atoms with Gasteiger partial charge in [0.2, 0.25) is 0 Å². The molecule has 0 rings (SSSR count). The first-order valence-electron chi connectivity index (χ1n) is 2.59. The maximum absolute atomic E-state index is 10.0. The molecule has 1 heteroatoms. The van der Waals surface area contributed by atoms with Gasteiger partial charge in [0.25, 0.3) is 0 Å². The molecule has 0 amide bonds. The number of hydrogen-bond acceptors (Lipinski definition) is 0. The summed E-state index contributed by atoms with van der Waals surface area (Å²) in [6.45, 7) is 7.60. The molecule has 0 aliphatic heterocycles. The van der Waals surface area contributed by atoms with Gasteiger partial charge in [-0.05, 0) is 11.8 Å². The zero-order chi connectivity index (χ0) is 5.86. The Morgan fingerprint density at radius 1 is 1.57 bits per heavy atom. The maximum Gasteiger partial charge on any atom is 0.0850 e. The first-order valence-corrected chi connectivity index (χ1v) is 2.59. The van der Waals surface area contributed by atoms with E-state index in [0.717, 1.165) is 0 Å². The van der Waals surface area contributed by atoms with Crippen molar-refractivity contribution in [2.45, 2.75) is 13.8 Å². The second-order valence-electron chi connectivity index (χ2n) is 2.12. The van der Waals surface area contributed by atoms with Crippen LogP contribution in [0.4, 0.5) is 0 Å². The molecule has 0 saturated heterocycles. The second-order valence-corrected chi connectivity index (χ2v) is 2.12. The van der Waals surface area contributed by atoms with Crippen LogP contribution in [0.25, 0.3) is 0 Å². The summed E-state index contributed by atoms with van der Waals surface area (Å²) in [6.07, 6.45) is 0. The highest BCUT2D eigenvalue weighted by Gasteiger charge is 2.03. The van der Waals surface area contributed by atoms with Gasteiger partial charge in [-0.25, -0.2) is 5.11 Å². The monoisotopic (exact) mass is 100 g/mol. The van der Waals surface area contributed by atoms with Crippen LogP contribution in [0.3, 0.4) is 0 Å². The van der Waals surface area contributed by atoms with Gasteiger partial charge in [-0.1, -0.05) is 20.8 Å². The third-order valence-corrected chi connectivity index (χ3v) is 1.23. The van der Waals surface area contributed by atoms with E-state index in [1.54, 1.807) is 0 Å². The standard InChI is InChI=1S/C6H12O/c1-5(2)6(3)4-7/h5-6H,1,4H2,2-3H3. The van der Waals surface area contributed by atoms with E-state index in [1.165, 1.54) is 0 Å². The summed E-state index contributed by atoms with van der Waals surface area (Å²) in [4.78, 5) is 0. The molecule has 7 heavy (non-hydrogen) atoms. The molecule has 42 valence electrons. The van der Waals surface area contributed by atoms with E-state index < -0.39 is 0 Å². The fourth-order valence-electron chi connectivity index (χ4n) is 0.164. The van der Waals surface area contributed by atoms with E-state index >= 15 is 0 Å². The number of rotatable bonds is 2. The molecule has 2 atom stereocenters. The molecule has 0 N–H and O–H groups in total. The zero-order valence-corrected chi connectivity index (χ0v) is 4.98. The van der Waals surface area contributed by atoms with Crippen molar-refractivity contribution in [1.82, 2.24) is 0 Å². The molecule has 0 spiro atoms. The Labute approximate surface area is 45.4 Å². The molecule has 0 aliphatic rings. The molecule has 0 saturated carbocycles. The van der Waals surface area contributed by atoms with Crippen LogP contribution < -0.4 is 0 Å². The molecule has 0 aromatic carbocycles. The molecule has 1 nitrogen and oxygen atoms in total. The topological polar surface area (TPSA) is 19.9 Å². The Kier molecular flexibility index (Phi) is 3.01. The van der Waals surface area contributed by atoms with Crippen LogP contribution >= 0.6 is 0 Å². The molecular formula is C6H12O. The zero-order valence-electron chi connectivity index (χ0n) is 4.98. The minimum atomic E-state index is 0.00463. The van der Waals surface area contributed by atoms with Crippen molar-refractivity contribution in [3.05, 3.63) is 6.92 Å². The van der Waals surface area contributed by atoms with Crippen LogP contribution in [-0.4, -0.2) is 6.61 Å². The Balaban J connectivity index is 3.14. The molecule has 0 aliphatic carbocycles. The lowest BCUT2D eigenvalue weighted by atomic mass is 10.00. The molecule has 0 aromatic rings. The van der Waals surface area contributed by atoms with Gasteiger partial charge in [-0.15, -0.1) is 0 Å². The molecule has 2 radical (unpaired) electrons. The van der Waals surface area contributed by atoms with Crippen molar-refractivity contribution in [2.75, 3.05) is 6.61 Å². The van der Waals surface area contributed by atoms with Gasteiger partial charge < -0.3 is 0 Å².